The Kier molecular flexibility index (Phi) is 6.67. The number of aryl methyl sites for hydroxylation is 1. The number of carbonyl (C=O) groups excluding carboxylic acids is 1. The largest absolute Gasteiger partial charge is 0.282 e. The van der Waals surface area contributed by atoms with Crippen LogP contribution in [0.25, 0.3) is 0 Å². The third-order valence-electron chi connectivity index (χ3n) is 3.45. The molecule has 0 aromatic carbocycles. The van der Waals surface area contributed by atoms with Crippen molar-refractivity contribution in [3.05, 3.63) is 36.7 Å². The second-order valence-electron chi connectivity index (χ2n) is 5.21. The number of hydrogen-bond acceptors (Lipinski definition) is 4. The molecule has 0 saturated heterocycles. The molecule has 2 aromatic heterocycles. The summed E-state index contributed by atoms with van der Waals surface area (Å²) in [5.41, 5.74) is -0.260. The average molecular weight is 433 g/mol. The summed E-state index contributed by atoms with van der Waals surface area (Å²) in [6.07, 6.45) is -1.41. The van der Waals surface area contributed by atoms with Crippen LogP contribution in [0.3, 0.4) is 0 Å². The van der Waals surface area contributed by atoms with Crippen LogP contribution >= 0.6 is 46.1 Å². The SMILES string of the molecule is CON(C(=O)c1cn(C)nc1C(F)F)C(C)Cc1c(Cl)sc(Cl)c1Cl. The minimum Gasteiger partial charge on any atom is -0.275 e. The van der Waals surface area contributed by atoms with Gasteiger partial charge in [0.15, 0.2) is 0 Å². The van der Waals surface area contributed by atoms with E-state index in [1.54, 1.807) is 6.92 Å². The minimum atomic E-state index is -2.88. The van der Waals surface area contributed by atoms with Gasteiger partial charge in [0.05, 0.1) is 28.1 Å². The van der Waals surface area contributed by atoms with Gasteiger partial charge in [-0.15, -0.1) is 11.3 Å². The molecule has 138 valence electrons. The van der Waals surface area contributed by atoms with E-state index < -0.39 is 24.1 Å². The van der Waals surface area contributed by atoms with Gasteiger partial charge in [-0.1, -0.05) is 34.8 Å². The van der Waals surface area contributed by atoms with Gasteiger partial charge in [0.25, 0.3) is 12.3 Å². The fourth-order valence-electron chi connectivity index (χ4n) is 2.35. The normalized spacial score (nSPS) is 12.7. The van der Waals surface area contributed by atoms with Crippen LogP contribution in [-0.2, 0) is 18.3 Å². The van der Waals surface area contributed by atoms with Crippen LogP contribution in [0, 0.1) is 0 Å². The highest BCUT2D eigenvalue weighted by atomic mass is 35.5. The van der Waals surface area contributed by atoms with Gasteiger partial charge in [0.1, 0.15) is 10.0 Å². The lowest BCUT2D eigenvalue weighted by atomic mass is 10.1. The first-order valence-corrected chi connectivity index (χ1v) is 8.93. The molecule has 0 aliphatic carbocycles. The number of thiophene rings is 1. The molecule has 0 saturated carbocycles. The Morgan fingerprint density at radius 2 is 2.04 bits per heavy atom. The van der Waals surface area contributed by atoms with Crippen molar-refractivity contribution < 1.29 is 18.4 Å². The topological polar surface area (TPSA) is 47.4 Å². The molecule has 25 heavy (non-hydrogen) atoms. The molecule has 2 heterocycles. The number of hydrogen-bond donors (Lipinski definition) is 0. The predicted molar refractivity (Wildman–Crippen MR) is 93.9 cm³/mol. The Morgan fingerprint density at radius 1 is 1.40 bits per heavy atom. The van der Waals surface area contributed by atoms with Crippen molar-refractivity contribution in [1.82, 2.24) is 14.8 Å². The zero-order valence-corrected chi connectivity index (χ0v) is 16.5. The number of aromatic nitrogens is 2. The van der Waals surface area contributed by atoms with E-state index in [1.165, 1.54) is 20.4 Å². The lowest BCUT2D eigenvalue weighted by Gasteiger charge is -2.26. The number of amides is 1. The molecule has 1 atom stereocenters. The van der Waals surface area contributed by atoms with Crippen molar-refractivity contribution in [2.45, 2.75) is 25.8 Å². The van der Waals surface area contributed by atoms with E-state index in [9.17, 15) is 13.6 Å². The molecule has 0 aliphatic rings. The molecule has 5 nitrogen and oxygen atoms in total. The van der Waals surface area contributed by atoms with Crippen LogP contribution < -0.4 is 0 Å². The molecule has 0 fully saturated rings. The summed E-state index contributed by atoms with van der Waals surface area (Å²) >= 11 is 19.3. The van der Waals surface area contributed by atoms with Crippen LogP contribution in [0.1, 0.15) is 35.0 Å². The number of nitrogens with zero attached hydrogens (tertiary/aromatic N) is 3. The highest BCUT2D eigenvalue weighted by molar-refractivity contribution is 7.20. The molecule has 0 aliphatic heterocycles. The van der Waals surface area contributed by atoms with Crippen molar-refractivity contribution in [3.8, 4) is 0 Å². The van der Waals surface area contributed by atoms with Crippen LogP contribution in [0.2, 0.25) is 13.7 Å². The first-order chi connectivity index (χ1) is 11.7. The first-order valence-electron chi connectivity index (χ1n) is 6.98. The summed E-state index contributed by atoms with van der Waals surface area (Å²) in [5, 5.41) is 4.92. The van der Waals surface area contributed by atoms with Crippen molar-refractivity contribution in [3.63, 3.8) is 0 Å². The van der Waals surface area contributed by atoms with Gasteiger partial charge in [-0.2, -0.15) is 5.10 Å². The Hall–Kier alpha value is -0.930. The molecule has 0 spiro atoms. The summed E-state index contributed by atoms with van der Waals surface area (Å²) in [5.74, 6) is -0.730. The van der Waals surface area contributed by atoms with Gasteiger partial charge in [0.2, 0.25) is 0 Å². The Balaban J connectivity index is 2.28. The van der Waals surface area contributed by atoms with E-state index >= 15 is 0 Å². The van der Waals surface area contributed by atoms with Crippen LogP contribution in [0.5, 0.6) is 0 Å². The molecule has 1 unspecified atom stereocenters. The van der Waals surface area contributed by atoms with Crippen LogP contribution in [0.15, 0.2) is 6.20 Å². The number of carbonyl (C=O) groups is 1. The van der Waals surface area contributed by atoms with Gasteiger partial charge in [-0.05, 0) is 13.3 Å². The smallest absolute Gasteiger partial charge is 0.275 e. The van der Waals surface area contributed by atoms with Crippen molar-refractivity contribution in [1.29, 1.82) is 0 Å². The summed E-state index contributed by atoms with van der Waals surface area (Å²) in [4.78, 5) is 17.8. The molecule has 2 rings (SSSR count). The van der Waals surface area contributed by atoms with Gasteiger partial charge >= 0.3 is 0 Å². The monoisotopic (exact) mass is 431 g/mol. The summed E-state index contributed by atoms with van der Waals surface area (Å²) < 4.78 is 28.1. The number of halogens is 5. The standard InChI is InChI=1S/C14H14Cl3F2N3O2S/c1-6(4-7-9(15)12(17)25-11(7)16)22(24-3)14(23)8-5-21(2)20-10(8)13(18)19/h5-6,13H,4H2,1-3H3. The van der Waals surface area contributed by atoms with E-state index in [0.717, 1.165) is 21.1 Å². The second-order valence-corrected chi connectivity index (χ2v) is 7.81. The number of alkyl halides is 2. The maximum absolute atomic E-state index is 13.1. The molecule has 0 radical (unpaired) electrons. The maximum atomic E-state index is 13.1. The second kappa shape index (κ2) is 8.18. The van der Waals surface area contributed by atoms with E-state index in [-0.39, 0.29) is 12.0 Å². The van der Waals surface area contributed by atoms with E-state index in [2.05, 4.69) is 5.10 Å². The Bertz CT molecular complexity index is 782. The maximum Gasteiger partial charge on any atom is 0.282 e. The number of hydroxylamine groups is 2. The van der Waals surface area contributed by atoms with Crippen molar-refractivity contribution >= 4 is 52.0 Å². The first kappa shape index (κ1) is 20.4. The molecule has 11 heteroatoms. The van der Waals surface area contributed by atoms with E-state index in [4.69, 9.17) is 39.6 Å². The highest BCUT2D eigenvalue weighted by Gasteiger charge is 2.30. The number of rotatable bonds is 6. The lowest BCUT2D eigenvalue weighted by Crippen LogP contribution is -2.39. The predicted octanol–water partition coefficient (Wildman–Crippen LogP) is 5.01. The molecular weight excluding hydrogens is 419 g/mol. The van der Waals surface area contributed by atoms with Gasteiger partial charge < -0.3 is 0 Å². The van der Waals surface area contributed by atoms with Crippen molar-refractivity contribution in [2.24, 2.45) is 7.05 Å². The summed E-state index contributed by atoms with van der Waals surface area (Å²) in [6.45, 7) is 1.68. The van der Waals surface area contributed by atoms with Gasteiger partial charge in [-0.25, -0.2) is 13.8 Å². The minimum absolute atomic E-state index is 0.230. The van der Waals surface area contributed by atoms with E-state index in [1.807, 2.05) is 0 Å². The zero-order chi connectivity index (χ0) is 18.9. The van der Waals surface area contributed by atoms with Gasteiger partial charge in [0, 0.05) is 18.8 Å². The van der Waals surface area contributed by atoms with E-state index in [0.29, 0.717) is 19.3 Å². The lowest BCUT2D eigenvalue weighted by molar-refractivity contribution is -0.119. The third-order valence-corrected chi connectivity index (χ3v) is 5.76. The molecule has 0 N–H and O–H groups in total. The fraction of sp³-hybridized carbons (Fsp3) is 0.429. The Labute approximate surface area is 162 Å². The zero-order valence-electron chi connectivity index (χ0n) is 13.4. The quantitative estimate of drug-likeness (QED) is 0.603. The molecule has 0 bridgehead atoms. The molecule has 2 aromatic rings. The summed E-state index contributed by atoms with van der Waals surface area (Å²) in [6, 6.07) is -0.538. The third kappa shape index (κ3) is 4.25. The molecular formula is C14H14Cl3F2N3O2S. The highest BCUT2D eigenvalue weighted by Crippen LogP contribution is 2.41. The summed E-state index contributed by atoms with van der Waals surface area (Å²) in [7, 11) is 2.73. The average Bonchev–Trinajstić information content (AvgIpc) is 3.03. The van der Waals surface area contributed by atoms with Crippen LogP contribution in [-0.4, -0.2) is 33.9 Å². The Morgan fingerprint density at radius 3 is 2.52 bits per heavy atom. The van der Waals surface area contributed by atoms with Crippen molar-refractivity contribution in [2.75, 3.05) is 7.11 Å². The van der Waals surface area contributed by atoms with Gasteiger partial charge in [-0.3, -0.25) is 14.3 Å². The fourth-order valence-corrected chi connectivity index (χ4v) is 4.29. The van der Waals surface area contributed by atoms with Crippen LogP contribution in [0.4, 0.5) is 8.78 Å². The molecule has 1 amide bonds.